The molecular weight excluding hydrogens is 278 g/mol. The summed E-state index contributed by atoms with van der Waals surface area (Å²) in [6.07, 6.45) is 0.317. The number of halogens is 2. The van der Waals surface area contributed by atoms with E-state index in [0.717, 1.165) is 5.56 Å². The van der Waals surface area contributed by atoms with Gasteiger partial charge in [-0.15, -0.1) is 0 Å². The van der Waals surface area contributed by atoms with Crippen LogP contribution in [0.3, 0.4) is 0 Å². The van der Waals surface area contributed by atoms with Crippen molar-refractivity contribution in [1.82, 2.24) is 0 Å². The molecule has 1 N–H and O–H groups in total. The first-order valence-corrected chi connectivity index (χ1v) is 6.62. The SMILES string of the molecule is OCc1cc(F)cc(OCC2Cc3cc(F)ccc3O2)c1. The Morgan fingerprint density at radius 2 is 2.00 bits per heavy atom. The lowest BCUT2D eigenvalue weighted by molar-refractivity contribution is 0.148. The fraction of sp³-hybridized carbons (Fsp3) is 0.250. The quantitative estimate of drug-likeness (QED) is 0.941. The predicted octanol–water partition coefficient (Wildman–Crippen LogP) is 2.84. The molecule has 1 unspecified atom stereocenters. The second-order valence-electron chi connectivity index (χ2n) is 4.96. The molecule has 0 aromatic heterocycles. The maximum Gasteiger partial charge on any atom is 0.137 e. The monoisotopic (exact) mass is 292 g/mol. The molecule has 3 rings (SSSR count). The van der Waals surface area contributed by atoms with Crippen molar-refractivity contribution in [3.63, 3.8) is 0 Å². The number of benzene rings is 2. The highest BCUT2D eigenvalue weighted by molar-refractivity contribution is 5.38. The zero-order chi connectivity index (χ0) is 14.8. The minimum Gasteiger partial charge on any atom is -0.490 e. The van der Waals surface area contributed by atoms with Gasteiger partial charge in [-0.05, 0) is 35.9 Å². The lowest BCUT2D eigenvalue weighted by Crippen LogP contribution is -2.22. The lowest BCUT2D eigenvalue weighted by atomic mass is 10.1. The van der Waals surface area contributed by atoms with Crippen molar-refractivity contribution in [2.75, 3.05) is 6.61 Å². The molecule has 0 saturated carbocycles. The van der Waals surface area contributed by atoms with E-state index in [9.17, 15) is 8.78 Å². The molecule has 1 aliphatic heterocycles. The average molecular weight is 292 g/mol. The van der Waals surface area contributed by atoms with Crippen LogP contribution in [0.2, 0.25) is 0 Å². The number of hydrogen-bond donors (Lipinski definition) is 1. The minimum atomic E-state index is -0.464. The summed E-state index contributed by atoms with van der Waals surface area (Å²) >= 11 is 0. The van der Waals surface area contributed by atoms with Crippen LogP contribution in [0.5, 0.6) is 11.5 Å². The summed E-state index contributed by atoms with van der Waals surface area (Å²) in [4.78, 5) is 0. The topological polar surface area (TPSA) is 38.7 Å². The molecule has 2 aromatic rings. The van der Waals surface area contributed by atoms with E-state index in [1.807, 2.05) is 0 Å². The summed E-state index contributed by atoms with van der Waals surface area (Å²) in [5.41, 5.74) is 1.25. The number of fused-ring (bicyclic) bond motifs is 1. The summed E-state index contributed by atoms with van der Waals surface area (Å²) in [6, 6.07) is 8.46. The van der Waals surface area contributed by atoms with Crippen molar-refractivity contribution < 1.29 is 23.4 Å². The summed E-state index contributed by atoms with van der Waals surface area (Å²) in [5, 5.41) is 9.03. The fourth-order valence-electron chi connectivity index (χ4n) is 2.37. The number of aliphatic hydroxyl groups is 1. The maximum absolute atomic E-state index is 13.3. The smallest absolute Gasteiger partial charge is 0.137 e. The lowest BCUT2D eigenvalue weighted by Gasteiger charge is -2.13. The van der Waals surface area contributed by atoms with Gasteiger partial charge in [0.25, 0.3) is 0 Å². The Morgan fingerprint density at radius 3 is 2.81 bits per heavy atom. The highest BCUT2D eigenvalue weighted by Crippen LogP contribution is 2.29. The molecule has 5 heteroatoms. The Morgan fingerprint density at radius 1 is 1.14 bits per heavy atom. The van der Waals surface area contributed by atoms with E-state index in [1.54, 1.807) is 12.1 Å². The largest absolute Gasteiger partial charge is 0.490 e. The van der Waals surface area contributed by atoms with Crippen molar-refractivity contribution in [3.05, 3.63) is 59.2 Å². The van der Waals surface area contributed by atoms with Gasteiger partial charge in [-0.3, -0.25) is 0 Å². The van der Waals surface area contributed by atoms with E-state index in [4.69, 9.17) is 14.6 Å². The van der Waals surface area contributed by atoms with E-state index in [-0.39, 0.29) is 25.1 Å². The summed E-state index contributed by atoms with van der Waals surface area (Å²) in [7, 11) is 0. The van der Waals surface area contributed by atoms with Crippen molar-refractivity contribution in [2.24, 2.45) is 0 Å². The second-order valence-corrected chi connectivity index (χ2v) is 4.96. The fourth-order valence-corrected chi connectivity index (χ4v) is 2.37. The molecule has 3 nitrogen and oxygen atoms in total. The Bertz CT molecular complexity index is 658. The molecule has 2 aromatic carbocycles. The first kappa shape index (κ1) is 13.8. The molecule has 1 aliphatic rings. The summed E-state index contributed by atoms with van der Waals surface area (Å²) in [6.45, 7) is -0.0244. The third kappa shape index (κ3) is 3.13. The van der Waals surface area contributed by atoms with Crippen LogP contribution in [-0.2, 0) is 13.0 Å². The highest BCUT2D eigenvalue weighted by Gasteiger charge is 2.23. The van der Waals surface area contributed by atoms with Crippen LogP contribution in [0.25, 0.3) is 0 Å². The molecule has 1 heterocycles. The van der Waals surface area contributed by atoms with Crippen molar-refractivity contribution >= 4 is 0 Å². The predicted molar refractivity (Wildman–Crippen MR) is 72.3 cm³/mol. The van der Waals surface area contributed by atoms with Gasteiger partial charge in [0.2, 0.25) is 0 Å². The van der Waals surface area contributed by atoms with E-state index in [1.165, 1.54) is 24.3 Å². The molecule has 0 fully saturated rings. The molecule has 0 bridgehead atoms. The van der Waals surface area contributed by atoms with Gasteiger partial charge in [0, 0.05) is 18.1 Å². The molecular formula is C16H14F2O3. The molecule has 1 atom stereocenters. The number of aliphatic hydroxyl groups excluding tert-OH is 1. The summed E-state index contributed by atoms with van der Waals surface area (Å²) in [5.74, 6) is 0.232. The third-order valence-electron chi connectivity index (χ3n) is 3.31. The van der Waals surface area contributed by atoms with Crippen LogP contribution < -0.4 is 9.47 Å². The first-order chi connectivity index (χ1) is 10.1. The maximum atomic E-state index is 13.3. The average Bonchev–Trinajstić information content (AvgIpc) is 2.86. The Hall–Kier alpha value is -2.14. The number of rotatable bonds is 4. The van der Waals surface area contributed by atoms with Gasteiger partial charge < -0.3 is 14.6 Å². The van der Waals surface area contributed by atoms with Crippen molar-refractivity contribution in [1.29, 1.82) is 0 Å². The van der Waals surface area contributed by atoms with Gasteiger partial charge in [-0.2, -0.15) is 0 Å². The first-order valence-electron chi connectivity index (χ1n) is 6.62. The molecule has 0 radical (unpaired) electrons. The number of ether oxygens (including phenoxy) is 2. The van der Waals surface area contributed by atoms with Gasteiger partial charge in [-0.1, -0.05) is 0 Å². The molecule has 21 heavy (non-hydrogen) atoms. The van der Waals surface area contributed by atoms with Crippen LogP contribution in [0.15, 0.2) is 36.4 Å². The zero-order valence-electron chi connectivity index (χ0n) is 11.2. The van der Waals surface area contributed by atoms with Gasteiger partial charge in [-0.25, -0.2) is 8.78 Å². The van der Waals surface area contributed by atoms with Crippen LogP contribution in [0.4, 0.5) is 8.78 Å². The highest BCUT2D eigenvalue weighted by atomic mass is 19.1. The van der Waals surface area contributed by atoms with Crippen LogP contribution in [-0.4, -0.2) is 17.8 Å². The standard InChI is InChI=1S/C16H14F2O3/c17-12-1-2-16-11(5-12)6-15(21-16)9-20-14-4-10(8-19)3-13(18)7-14/h1-5,7,15,19H,6,8-9H2. The molecule has 110 valence electrons. The Labute approximate surface area is 120 Å². The van der Waals surface area contributed by atoms with E-state index < -0.39 is 5.82 Å². The zero-order valence-corrected chi connectivity index (χ0v) is 11.2. The van der Waals surface area contributed by atoms with Crippen molar-refractivity contribution in [3.8, 4) is 11.5 Å². The van der Waals surface area contributed by atoms with Gasteiger partial charge in [0.1, 0.15) is 35.8 Å². The molecule has 0 amide bonds. The molecule has 0 aliphatic carbocycles. The summed E-state index contributed by atoms with van der Waals surface area (Å²) < 4.78 is 37.6. The Balaban J connectivity index is 1.63. The van der Waals surface area contributed by atoms with E-state index in [2.05, 4.69) is 0 Å². The third-order valence-corrected chi connectivity index (χ3v) is 3.31. The van der Waals surface area contributed by atoms with E-state index >= 15 is 0 Å². The van der Waals surface area contributed by atoms with Gasteiger partial charge in [0.15, 0.2) is 0 Å². The minimum absolute atomic E-state index is 0.227. The van der Waals surface area contributed by atoms with Crippen LogP contribution in [0, 0.1) is 11.6 Å². The van der Waals surface area contributed by atoms with E-state index in [0.29, 0.717) is 23.5 Å². The molecule has 0 spiro atoms. The second kappa shape index (κ2) is 5.69. The molecule has 0 saturated heterocycles. The Kier molecular flexibility index (Phi) is 3.75. The van der Waals surface area contributed by atoms with Crippen LogP contribution in [0.1, 0.15) is 11.1 Å². The normalized spacial score (nSPS) is 16.4. The van der Waals surface area contributed by atoms with Crippen molar-refractivity contribution in [2.45, 2.75) is 19.1 Å². The number of hydrogen-bond acceptors (Lipinski definition) is 3. The van der Waals surface area contributed by atoms with Gasteiger partial charge in [0.05, 0.1) is 6.61 Å². The van der Waals surface area contributed by atoms with Gasteiger partial charge >= 0.3 is 0 Å². The van der Waals surface area contributed by atoms with Crippen LogP contribution >= 0.6 is 0 Å².